The number of amides is 2. The highest BCUT2D eigenvalue weighted by Gasteiger charge is 2.38. The fraction of sp³-hybridized carbons (Fsp3) is 0.400. The van der Waals surface area contributed by atoms with Gasteiger partial charge in [0.15, 0.2) is 0 Å². The number of thiophene rings is 1. The number of benzene rings is 1. The largest absolute Gasteiger partial charge is 0.331 e. The van der Waals surface area contributed by atoms with Crippen LogP contribution in [0.4, 0.5) is 5.69 Å². The maximum absolute atomic E-state index is 12.9. The van der Waals surface area contributed by atoms with Crippen molar-refractivity contribution in [2.75, 3.05) is 37.6 Å². The Morgan fingerprint density at radius 2 is 1.96 bits per heavy atom. The molecule has 0 spiro atoms. The summed E-state index contributed by atoms with van der Waals surface area (Å²) in [6.07, 6.45) is 0.270. The predicted molar refractivity (Wildman–Crippen MR) is 107 cm³/mol. The highest BCUT2D eigenvalue weighted by molar-refractivity contribution is 7.09. The average molecular weight is 405 g/mol. The number of anilines is 1. The average Bonchev–Trinajstić information content (AvgIpc) is 3.32. The number of piperazine rings is 1. The van der Waals surface area contributed by atoms with Gasteiger partial charge in [-0.2, -0.15) is 0 Å². The molecule has 0 aliphatic carbocycles. The molecule has 1 aromatic heterocycles. The molecule has 3 heterocycles. The van der Waals surface area contributed by atoms with E-state index in [9.17, 15) is 9.59 Å². The number of nitrogens with one attached hydrogen (secondary N) is 1. The van der Waals surface area contributed by atoms with Crippen molar-refractivity contribution in [2.24, 2.45) is 5.92 Å². The van der Waals surface area contributed by atoms with Gasteiger partial charge in [0.1, 0.15) is 6.54 Å². The lowest BCUT2D eigenvalue weighted by molar-refractivity contribution is -0.917. The molecule has 1 aromatic carbocycles. The zero-order valence-electron chi connectivity index (χ0n) is 15.1. The normalized spacial score (nSPS) is 21.1. The highest BCUT2D eigenvalue weighted by atomic mass is 35.5. The van der Waals surface area contributed by atoms with Gasteiger partial charge in [0.2, 0.25) is 11.8 Å². The molecule has 2 aliphatic rings. The zero-order chi connectivity index (χ0) is 18.8. The quantitative estimate of drug-likeness (QED) is 0.842. The SMILES string of the molecule is O=C([C@H]1CC(=O)N(c2ccccc2Cl)C1)N1CC[NH+](Cc2cccs2)CC1. The van der Waals surface area contributed by atoms with Gasteiger partial charge in [-0.25, -0.2) is 0 Å². The first-order valence-electron chi connectivity index (χ1n) is 9.31. The minimum Gasteiger partial charge on any atom is -0.331 e. The van der Waals surface area contributed by atoms with Gasteiger partial charge in [0.25, 0.3) is 0 Å². The third-order valence-electron chi connectivity index (χ3n) is 5.40. The van der Waals surface area contributed by atoms with E-state index >= 15 is 0 Å². The van der Waals surface area contributed by atoms with E-state index < -0.39 is 0 Å². The summed E-state index contributed by atoms with van der Waals surface area (Å²) >= 11 is 8.02. The third kappa shape index (κ3) is 4.03. The van der Waals surface area contributed by atoms with E-state index in [1.165, 1.54) is 9.78 Å². The van der Waals surface area contributed by atoms with Gasteiger partial charge in [0.05, 0.1) is 47.7 Å². The van der Waals surface area contributed by atoms with Crippen LogP contribution < -0.4 is 9.80 Å². The van der Waals surface area contributed by atoms with E-state index in [0.29, 0.717) is 17.3 Å². The fourth-order valence-electron chi connectivity index (χ4n) is 3.91. The lowest BCUT2D eigenvalue weighted by Crippen LogP contribution is -3.13. The molecule has 27 heavy (non-hydrogen) atoms. The molecule has 7 heteroatoms. The Morgan fingerprint density at radius 3 is 2.67 bits per heavy atom. The van der Waals surface area contributed by atoms with Crippen LogP contribution in [0, 0.1) is 5.92 Å². The minimum atomic E-state index is -0.271. The van der Waals surface area contributed by atoms with Crippen LogP contribution in [0.1, 0.15) is 11.3 Å². The Labute approximate surface area is 168 Å². The van der Waals surface area contributed by atoms with E-state index in [1.54, 1.807) is 22.3 Å². The number of halogens is 1. The maximum atomic E-state index is 12.9. The second-order valence-corrected chi connectivity index (χ2v) is 8.63. The van der Waals surface area contributed by atoms with Crippen molar-refractivity contribution in [2.45, 2.75) is 13.0 Å². The Bertz CT molecular complexity index is 818. The molecule has 2 aliphatic heterocycles. The molecule has 0 unspecified atom stereocenters. The summed E-state index contributed by atoms with van der Waals surface area (Å²) in [5, 5.41) is 2.65. The topological polar surface area (TPSA) is 45.1 Å². The Hall–Kier alpha value is -1.89. The molecule has 4 rings (SSSR count). The van der Waals surface area contributed by atoms with Crippen LogP contribution in [-0.4, -0.2) is 49.4 Å². The Morgan fingerprint density at radius 1 is 1.19 bits per heavy atom. The van der Waals surface area contributed by atoms with Crippen LogP contribution in [0.25, 0.3) is 0 Å². The summed E-state index contributed by atoms with van der Waals surface area (Å²) in [7, 11) is 0. The van der Waals surface area contributed by atoms with Gasteiger partial charge in [0, 0.05) is 13.0 Å². The smallest absolute Gasteiger partial charge is 0.228 e. The summed E-state index contributed by atoms with van der Waals surface area (Å²) in [6.45, 7) is 4.88. The molecule has 2 aromatic rings. The summed E-state index contributed by atoms with van der Waals surface area (Å²) in [6, 6.07) is 11.6. The lowest BCUT2D eigenvalue weighted by atomic mass is 10.1. The number of carbonyl (C=O) groups is 2. The van der Waals surface area contributed by atoms with E-state index in [0.717, 1.165) is 32.7 Å². The highest BCUT2D eigenvalue weighted by Crippen LogP contribution is 2.31. The third-order valence-corrected chi connectivity index (χ3v) is 6.60. The Kier molecular flexibility index (Phi) is 5.48. The molecule has 0 bridgehead atoms. The molecule has 2 amide bonds. The van der Waals surface area contributed by atoms with Crippen LogP contribution in [0.3, 0.4) is 0 Å². The lowest BCUT2D eigenvalue weighted by Gasteiger charge is -2.33. The molecule has 0 saturated carbocycles. The molecule has 5 nitrogen and oxygen atoms in total. The van der Waals surface area contributed by atoms with Crippen molar-refractivity contribution < 1.29 is 14.5 Å². The van der Waals surface area contributed by atoms with Crippen molar-refractivity contribution in [3.8, 4) is 0 Å². The number of nitrogens with zero attached hydrogens (tertiary/aromatic N) is 2. The summed E-state index contributed by atoms with van der Waals surface area (Å²) in [4.78, 5) is 31.9. The number of hydrogen-bond acceptors (Lipinski definition) is 3. The van der Waals surface area contributed by atoms with Crippen LogP contribution in [-0.2, 0) is 16.1 Å². The summed E-state index contributed by atoms with van der Waals surface area (Å²) in [5.41, 5.74) is 0.699. The van der Waals surface area contributed by atoms with Gasteiger partial charge in [-0.3, -0.25) is 9.59 Å². The second-order valence-electron chi connectivity index (χ2n) is 7.19. The first kappa shape index (κ1) is 18.5. The van der Waals surface area contributed by atoms with Crippen molar-refractivity contribution in [1.29, 1.82) is 0 Å². The van der Waals surface area contributed by atoms with E-state index in [1.807, 2.05) is 23.1 Å². The predicted octanol–water partition coefficient (Wildman–Crippen LogP) is 1.68. The number of carbonyl (C=O) groups excluding carboxylic acids is 2. The van der Waals surface area contributed by atoms with E-state index in [2.05, 4.69) is 17.5 Å². The molecular formula is C20H23ClN3O2S+. The van der Waals surface area contributed by atoms with Gasteiger partial charge in [-0.15, -0.1) is 11.3 Å². The summed E-state index contributed by atoms with van der Waals surface area (Å²) in [5.74, 6) is -0.191. The Balaban J connectivity index is 1.34. The molecule has 142 valence electrons. The molecule has 1 N–H and O–H groups in total. The first-order chi connectivity index (χ1) is 13.1. The monoisotopic (exact) mass is 404 g/mol. The minimum absolute atomic E-state index is 0.0246. The summed E-state index contributed by atoms with van der Waals surface area (Å²) < 4.78 is 0. The van der Waals surface area contributed by atoms with Gasteiger partial charge < -0.3 is 14.7 Å². The number of rotatable bonds is 4. The molecule has 2 fully saturated rings. The maximum Gasteiger partial charge on any atom is 0.228 e. The number of para-hydroxylation sites is 1. The standard InChI is InChI=1S/C20H22ClN3O2S/c21-17-5-1-2-6-18(17)24-13-15(12-19(24)25)20(26)23-9-7-22(8-10-23)14-16-4-3-11-27-16/h1-6,11,15H,7-10,12-14H2/p+1/t15-/m0/s1. The van der Waals surface area contributed by atoms with E-state index in [4.69, 9.17) is 11.6 Å². The molecule has 0 radical (unpaired) electrons. The van der Waals surface area contributed by atoms with Crippen molar-refractivity contribution in [1.82, 2.24) is 4.90 Å². The van der Waals surface area contributed by atoms with Crippen molar-refractivity contribution in [3.63, 3.8) is 0 Å². The molecular weight excluding hydrogens is 382 g/mol. The molecule has 1 atom stereocenters. The number of hydrogen-bond donors (Lipinski definition) is 1. The van der Waals surface area contributed by atoms with Crippen molar-refractivity contribution in [3.05, 3.63) is 51.7 Å². The fourth-order valence-corrected chi connectivity index (χ4v) is 4.93. The van der Waals surface area contributed by atoms with E-state index in [-0.39, 0.29) is 24.2 Å². The van der Waals surface area contributed by atoms with Crippen molar-refractivity contribution >= 4 is 40.4 Å². The van der Waals surface area contributed by atoms with Gasteiger partial charge in [-0.05, 0) is 23.6 Å². The van der Waals surface area contributed by atoms with Gasteiger partial charge in [-0.1, -0.05) is 29.8 Å². The van der Waals surface area contributed by atoms with Crippen LogP contribution in [0.2, 0.25) is 5.02 Å². The van der Waals surface area contributed by atoms with Crippen LogP contribution >= 0.6 is 22.9 Å². The zero-order valence-corrected chi connectivity index (χ0v) is 16.6. The first-order valence-corrected chi connectivity index (χ1v) is 10.6. The van der Waals surface area contributed by atoms with Crippen LogP contribution in [0.5, 0.6) is 0 Å². The van der Waals surface area contributed by atoms with Crippen LogP contribution in [0.15, 0.2) is 41.8 Å². The second kappa shape index (κ2) is 8.00. The number of quaternary nitrogens is 1. The van der Waals surface area contributed by atoms with Gasteiger partial charge >= 0.3 is 0 Å². The molecule has 2 saturated heterocycles.